The number of para-hydroxylation sites is 1. The molecule has 1 aromatic heterocycles. The summed E-state index contributed by atoms with van der Waals surface area (Å²) in [4.78, 5) is 42.8. The van der Waals surface area contributed by atoms with E-state index in [0.29, 0.717) is 48.6 Å². The van der Waals surface area contributed by atoms with Crippen molar-refractivity contribution < 1.29 is 14.4 Å². The highest BCUT2D eigenvalue weighted by molar-refractivity contribution is 7.12. The molecule has 3 rings (SSSR count). The van der Waals surface area contributed by atoms with Gasteiger partial charge in [-0.05, 0) is 55.9 Å². The maximum atomic E-state index is 13.2. The van der Waals surface area contributed by atoms with Gasteiger partial charge < -0.3 is 20.4 Å². The van der Waals surface area contributed by atoms with Gasteiger partial charge in [-0.1, -0.05) is 32.0 Å². The highest BCUT2D eigenvalue weighted by atomic mass is 32.1. The topological polar surface area (TPSA) is 81.8 Å². The van der Waals surface area contributed by atoms with Crippen LogP contribution in [0.5, 0.6) is 0 Å². The Morgan fingerprint density at radius 1 is 1.09 bits per heavy atom. The van der Waals surface area contributed by atoms with E-state index in [2.05, 4.69) is 29.4 Å². The van der Waals surface area contributed by atoms with E-state index in [1.54, 1.807) is 35.2 Å². The molecule has 0 aliphatic carbocycles. The molecule has 0 unspecified atom stereocenters. The molecule has 1 fully saturated rings. The van der Waals surface area contributed by atoms with Crippen molar-refractivity contribution in [2.45, 2.75) is 26.7 Å². The third-order valence-electron chi connectivity index (χ3n) is 5.79. The molecule has 0 saturated carbocycles. The van der Waals surface area contributed by atoms with Crippen LogP contribution >= 0.6 is 11.3 Å². The summed E-state index contributed by atoms with van der Waals surface area (Å²) in [5.41, 5.74) is 0.965. The van der Waals surface area contributed by atoms with Crippen molar-refractivity contribution in [3.05, 3.63) is 52.2 Å². The zero-order valence-corrected chi connectivity index (χ0v) is 20.7. The molecule has 0 spiro atoms. The van der Waals surface area contributed by atoms with Crippen LogP contribution in [0.25, 0.3) is 0 Å². The van der Waals surface area contributed by atoms with Gasteiger partial charge >= 0.3 is 0 Å². The second-order valence-electron chi connectivity index (χ2n) is 9.66. The smallest absolute Gasteiger partial charge is 0.265 e. The third-order valence-corrected chi connectivity index (χ3v) is 6.66. The number of hydrogen-bond acceptors (Lipinski definition) is 5. The molecular formula is C25H34N4O3S. The van der Waals surface area contributed by atoms with Crippen LogP contribution in [0.4, 0.5) is 5.69 Å². The van der Waals surface area contributed by atoms with Gasteiger partial charge in [-0.25, -0.2) is 0 Å². The summed E-state index contributed by atoms with van der Waals surface area (Å²) in [6.07, 6.45) is 1.27. The second kappa shape index (κ2) is 10.9. The summed E-state index contributed by atoms with van der Waals surface area (Å²) in [5, 5.41) is 7.81. The van der Waals surface area contributed by atoms with Gasteiger partial charge in [-0.15, -0.1) is 11.3 Å². The SMILES string of the molecule is CN(C)CC(C)(C)CNC(=O)C1CCN(C(=O)c2ccccc2NC(=O)c2cccs2)CC1. The first-order valence-electron chi connectivity index (χ1n) is 11.3. The molecule has 2 heterocycles. The maximum absolute atomic E-state index is 13.2. The van der Waals surface area contributed by atoms with Crippen LogP contribution in [-0.2, 0) is 4.79 Å². The molecule has 1 saturated heterocycles. The largest absolute Gasteiger partial charge is 0.355 e. The molecule has 3 amide bonds. The Bertz CT molecular complexity index is 964. The molecule has 1 aliphatic heterocycles. The van der Waals surface area contributed by atoms with Crippen molar-refractivity contribution in [1.82, 2.24) is 15.1 Å². The standard InChI is InChI=1S/C25H34N4O3S/c1-25(2,17-28(3)4)16-26-22(30)18-11-13-29(14-12-18)24(32)19-8-5-6-9-20(19)27-23(31)21-10-7-15-33-21/h5-10,15,18H,11-14,16-17H2,1-4H3,(H,26,30)(H,27,31). The third kappa shape index (κ3) is 6.88. The van der Waals surface area contributed by atoms with Crippen LogP contribution < -0.4 is 10.6 Å². The monoisotopic (exact) mass is 470 g/mol. The molecular weight excluding hydrogens is 436 g/mol. The van der Waals surface area contributed by atoms with Crippen LogP contribution in [0.2, 0.25) is 0 Å². The summed E-state index contributed by atoms with van der Waals surface area (Å²) in [7, 11) is 4.06. The number of carbonyl (C=O) groups excluding carboxylic acids is 3. The zero-order valence-electron chi connectivity index (χ0n) is 19.9. The van der Waals surface area contributed by atoms with E-state index >= 15 is 0 Å². The first kappa shape index (κ1) is 24.9. The average Bonchev–Trinajstić information content (AvgIpc) is 3.32. The van der Waals surface area contributed by atoms with Crippen molar-refractivity contribution in [3.8, 4) is 0 Å². The number of benzene rings is 1. The summed E-state index contributed by atoms with van der Waals surface area (Å²) in [5.74, 6) is -0.364. The minimum absolute atomic E-state index is 0.00686. The lowest BCUT2D eigenvalue weighted by Crippen LogP contribution is -2.46. The lowest BCUT2D eigenvalue weighted by molar-refractivity contribution is -0.126. The van der Waals surface area contributed by atoms with Crippen LogP contribution in [0.3, 0.4) is 0 Å². The van der Waals surface area contributed by atoms with Gasteiger partial charge in [0.1, 0.15) is 0 Å². The van der Waals surface area contributed by atoms with Gasteiger partial charge in [0, 0.05) is 32.1 Å². The Kier molecular flexibility index (Phi) is 8.26. The van der Waals surface area contributed by atoms with Gasteiger partial charge in [0.15, 0.2) is 0 Å². The number of nitrogens with one attached hydrogen (secondary N) is 2. The fourth-order valence-electron chi connectivity index (χ4n) is 4.27. The number of piperidine rings is 1. The molecule has 0 bridgehead atoms. The van der Waals surface area contributed by atoms with E-state index in [0.717, 1.165) is 6.54 Å². The van der Waals surface area contributed by atoms with Gasteiger partial charge in [-0.3, -0.25) is 14.4 Å². The lowest BCUT2D eigenvalue weighted by atomic mass is 9.91. The quantitative estimate of drug-likeness (QED) is 0.618. The molecule has 2 aromatic rings. The Labute approximate surface area is 200 Å². The molecule has 7 nitrogen and oxygen atoms in total. The van der Waals surface area contributed by atoms with E-state index in [9.17, 15) is 14.4 Å². The molecule has 0 radical (unpaired) electrons. The number of rotatable bonds is 8. The van der Waals surface area contributed by atoms with Crippen molar-refractivity contribution in [3.63, 3.8) is 0 Å². The van der Waals surface area contributed by atoms with Gasteiger partial charge in [0.25, 0.3) is 11.8 Å². The molecule has 1 aliphatic rings. The predicted octanol–water partition coefficient (Wildman–Crippen LogP) is 3.56. The average molecular weight is 471 g/mol. The van der Waals surface area contributed by atoms with Crippen LogP contribution in [0.15, 0.2) is 41.8 Å². The Hall–Kier alpha value is -2.71. The number of thiophene rings is 1. The number of likely N-dealkylation sites (tertiary alicyclic amines) is 1. The van der Waals surface area contributed by atoms with Crippen LogP contribution in [-0.4, -0.2) is 67.8 Å². The van der Waals surface area contributed by atoms with Gasteiger partial charge in [0.2, 0.25) is 5.91 Å². The lowest BCUT2D eigenvalue weighted by Gasteiger charge is -2.33. The van der Waals surface area contributed by atoms with Crippen molar-refractivity contribution in [2.24, 2.45) is 11.3 Å². The normalized spacial score (nSPS) is 14.9. The molecule has 0 atom stereocenters. The Morgan fingerprint density at radius 3 is 2.42 bits per heavy atom. The van der Waals surface area contributed by atoms with E-state index in [1.165, 1.54) is 11.3 Å². The van der Waals surface area contributed by atoms with E-state index in [4.69, 9.17) is 0 Å². The Morgan fingerprint density at radius 2 is 1.79 bits per heavy atom. The molecule has 1 aromatic carbocycles. The summed E-state index contributed by atoms with van der Waals surface area (Å²) >= 11 is 1.36. The van der Waals surface area contributed by atoms with E-state index in [-0.39, 0.29) is 29.1 Å². The number of hydrogen-bond donors (Lipinski definition) is 2. The fourth-order valence-corrected chi connectivity index (χ4v) is 4.89. The van der Waals surface area contributed by atoms with Gasteiger partial charge in [-0.2, -0.15) is 0 Å². The maximum Gasteiger partial charge on any atom is 0.265 e. The van der Waals surface area contributed by atoms with Crippen LogP contribution in [0, 0.1) is 11.3 Å². The first-order chi connectivity index (χ1) is 15.7. The summed E-state index contributed by atoms with van der Waals surface area (Å²) < 4.78 is 0. The summed E-state index contributed by atoms with van der Waals surface area (Å²) in [6, 6.07) is 10.6. The van der Waals surface area contributed by atoms with Crippen molar-refractivity contribution in [2.75, 3.05) is 45.6 Å². The fraction of sp³-hybridized carbons (Fsp3) is 0.480. The zero-order chi connectivity index (χ0) is 24.0. The van der Waals surface area contributed by atoms with E-state index < -0.39 is 0 Å². The number of carbonyl (C=O) groups is 3. The number of amides is 3. The molecule has 8 heteroatoms. The highest BCUT2D eigenvalue weighted by Crippen LogP contribution is 2.24. The molecule has 2 N–H and O–H groups in total. The molecule has 33 heavy (non-hydrogen) atoms. The number of nitrogens with zero attached hydrogens (tertiary/aromatic N) is 2. The Balaban J connectivity index is 1.55. The summed E-state index contributed by atoms with van der Waals surface area (Å²) in [6.45, 7) is 6.84. The first-order valence-corrected chi connectivity index (χ1v) is 12.2. The van der Waals surface area contributed by atoms with Crippen LogP contribution in [0.1, 0.15) is 46.7 Å². The highest BCUT2D eigenvalue weighted by Gasteiger charge is 2.30. The van der Waals surface area contributed by atoms with Crippen molar-refractivity contribution >= 4 is 34.7 Å². The van der Waals surface area contributed by atoms with E-state index in [1.807, 2.05) is 25.5 Å². The predicted molar refractivity (Wildman–Crippen MR) is 133 cm³/mol. The molecule has 178 valence electrons. The minimum atomic E-state index is -0.224. The number of anilines is 1. The minimum Gasteiger partial charge on any atom is -0.355 e. The second-order valence-corrected chi connectivity index (χ2v) is 10.6. The van der Waals surface area contributed by atoms with Gasteiger partial charge in [0.05, 0.1) is 16.1 Å². The van der Waals surface area contributed by atoms with Crippen molar-refractivity contribution in [1.29, 1.82) is 0 Å².